The number of nitrogens with zero attached hydrogens (tertiary/aromatic N) is 1. The van der Waals surface area contributed by atoms with Crippen molar-refractivity contribution in [3.05, 3.63) is 59.7 Å². The largest absolute Gasteiger partial charge is 0.496 e. The van der Waals surface area contributed by atoms with Crippen LogP contribution in [-0.2, 0) is 26.7 Å². The molecule has 0 radical (unpaired) electrons. The predicted octanol–water partition coefficient (Wildman–Crippen LogP) is 4.68. The highest BCUT2D eigenvalue weighted by atomic mass is 32.2. The first-order valence-electron chi connectivity index (χ1n) is 12.2. The Morgan fingerprint density at radius 2 is 1.76 bits per heavy atom. The van der Waals surface area contributed by atoms with Gasteiger partial charge >= 0.3 is 0 Å². The second-order valence-corrected chi connectivity index (χ2v) is 11.8. The van der Waals surface area contributed by atoms with Gasteiger partial charge in [-0.3, -0.25) is 4.79 Å². The standard InChI is InChI=1S/C27H38N2O4S/c1-21(20-27(2,3)23-11-7-5-8-12-23)28-26(30)16-13-22-19-24(14-15-25(22)33-4)34(31,32)29-17-9-6-10-18-29/h5,7-8,11-12,14-15,19,21H,6,9-10,13,16-18,20H2,1-4H3,(H,28,30). The Hall–Kier alpha value is -2.38. The molecular weight excluding hydrogens is 448 g/mol. The molecule has 0 aromatic heterocycles. The molecule has 34 heavy (non-hydrogen) atoms. The number of benzene rings is 2. The molecule has 186 valence electrons. The number of carbonyl (C=O) groups is 1. The Labute approximate surface area is 204 Å². The van der Waals surface area contributed by atoms with Gasteiger partial charge in [0.05, 0.1) is 12.0 Å². The minimum absolute atomic E-state index is 0.00964. The third-order valence-electron chi connectivity index (χ3n) is 6.61. The van der Waals surface area contributed by atoms with Crippen molar-refractivity contribution in [2.75, 3.05) is 20.2 Å². The number of sulfonamides is 1. The fourth-order valence-electron chi connectivity index (χ4n) is 4.78. The molecule has 1 aliphatic heterocycles. The van der Waals surface area contributed by atoms with Crippen LogP contribution in [0.4, 0.5) is 0 Å². The van der Waals surface area contributed by atoms with E-state index in [1.807, 2.05) is 25.1 Å². The lowest BCUT2D eigenvalue weighted by molar-refractivity contribution is -0.121. The van der Waals surface area contributed by atoms with Crippen LogP contribution in [-0.4, -0.2) is 44.9 Å². The third-order valence-corrected chi connectivity index (χ3v) is 8.50. The van der Waals surface area contributed by atoms with Crippen LogP contribution in [0, 0.1) is 0 Å². The summed E-state index contributed by atoms with van der Waals surface area (Å²) in [4.78, 5) is 13.0. The van der Waals surface area contributed by atoms with Gasteiger partial charge in [0, 0.05) is 25.6 Å². The molecule has 2 aromatic rings. The minimum Gasteiger partial charge on any atom is -0.496 e. The van der Waals surface area contributed by atoms with Gasteiger partial charge in [0.25, 0.3) is 0 Å². The number of hydrogen-bond acceptors (Lipinski definition) is 4. The van der Waals surface area contributed by atoms with Gasteiger partial charge in [-0.1, -0.05) is 50.6 Å². The Morgan fingerprint density at radius 3 is 2.41 bits per heavy atom. The van der Waals surface area contributed by atoms with Gasteiger partial charge in [0.15, 0.2) is 0 Å². The molecule has 6 nitrogen and oxygen atoms in total. The molecule has 2 aromatic carbocycles. The molecule has 3 rings (SSSR count). The maximum atomic E-state index is 13.1. The molecule has 1 fully saturated rings. The lowest BCUT2D eigenvalue weighted by Crippen LogP contribution is -2.37. The summed E-state index contributed by atoms with van der Waals surface area (Å²) in [5, 5.41) is 3.10. The van der Waals surface area contributed by atoms with E-state index in [2.05, 4.69) is 31.3 Å². The Bertz CT molecular complexity index is 1060. The van der Waals surface area contributed by atoms with Crippen molar-refractivity contribution < 1.29 is 17.9 Å². The summed E-state index contributed by atoms with van der Waals surface area (Å²) in [5.74, 6) is 0.548. The molecule has 1 heterocycles. The quantitative estimate of drug-likeness (QED) is 0.529. The molecule has 7 heteroatoms. The Morgan fingerprint density at radius 1 is 1.09 bits per heavy atom. The summed E-state index contributed by atoms with van der Waals surface area (Å²) < 4.78 is 33.2. The first-order chi connectivity index (χ1) is 16.1. The van der Waals surface area contributed by atoms with Gasteiger partial charge < -0.3 is 10.1 Å². The molecule has 1 amide bonds. The highest BCUT2D eigenvalue weighted by Crippen LogP contribution is 2.29. The van der Waals surface area contributed by atoms with Gasteiger partial charge in [-0.15, -0.1) is 0 Å². The zero-order valence-electron chi connectivity index (χ0n) is 20.8. The fraction of sp³-hybridized carbons (Fsp3) is 0.519. The van der Waals surface area contributed by atoms with Crippen LogP contribution < -0.4 is 10.1 Å². The molecule has 1 unspecified atom stereocenters. The molecule has 1 saturated heterocycles. The number of amides is 1. The zero-order chi connectivity index (χ0) is 24.8. The summed E-state index contributed by atoms with van der Waals surface area (Å²) in [6.07, 6.45) is 4.34. The van der Waals surface area contributed by atoms with Gasteiger partial charge in [-0.25, -0.2) is 8.42 Å². The molecule has 0 aliphatic carbocycles. The summed E-state index contributed by atoms with van der Waals surface area (Å²) in [6.45, 7) is 7.51. The molecule has 1 N–H and O–H groups in total. The second kappa shape index (κ2) is 11.4. The topological polar surface area (TPSA) is 75.7 Å². The van der Waals surface area contributed by atoms with Crippen LogP contribution in [0.3, 0.4) is 0 Å². The van der Waals surface area contributed by atoms with Crippen molar-refractivity contribution in [2.24, 2.45) is 0 Å². The van der Waals surface area contributed by atoms with Gasteiger partial charge in [0.2, 0.25) is 15.9 Å². The van der Waals surface area contributed by atoms with E-state index >= 15 is 0 Å². The number of rotatable bonds is 10. The van der Waals surface area contributed by atoms with Crippen LogP contribution in [0.2, 0.25) is 0 Å². The van der Waals surface area contributed by atoms with Crippen LogP contribution in [0.1, 0.15) is 64.0 Å². The predicted molar refractivity (Wildman–Crippen MR) is 136 cm³/mol. The highest BCUT2D eigenvalue weighted by Gasteiger charge is 2.27. The minimum atomic E-state index is -3.54. The van der Waals surface area contributed by atoms with Crippen molar-refractivity contribution in [2.45, 2.75) is 75.6 Å². The summed E-state index contributed by atoms with van der Waals surface area (Å²) in [5.41, 5.74) is 1.91. The monoisotopic (exact) mass is 486 g/mol. The van der Waals surface area contributed by atoms with E-state index in [0.717, 1.165) is 31.2 Å². The van der Waals surface area contributed by atoms with Crippen molar-refractivity contribution >= 4 is 15.9 Å². The zero-order valence-corrected chi connectivity index (χ0v) is 21.7. The van der Waals surface area contributed by atoms with Crippen LogP contribution >= 0.6 is 0 Å². The van der Waals surface area contributed by atoms with Crippen LogP contribution in [0.15, 0.2) is 53.4 Å². The highest BCUT2D eigenvalue weighted by molar-refractivity contribution is 7.89. The average Bonchev–Trinajstić information content (AvgIpc) is 2.83. The summed E-state index contributed by atoms with van der Waals surface area (Å²) >= 11 is 0. The van der Waals surface area contributed by atoms with E-state index in [0.29, 0.717) is 25.3 Å². The summed E-state index contributed by atoms with van der Waals surface area (Å²) in [7, 11) is -1.98. The van der Waals surface area contributed by atoms with Gasteiger partial charge in [0.1, 0.15) is 5.75 Å². The number of methoxy groups -OCH3 is 1. The number of hydrogen-bond donors (Lipinski definition) is 1. The SMILES string of the molecule is COc1ccc(S(=O)(=O)N2CCCCC2)cc1CCC(=O)NC(C)CC(C)(C)c1ccccc1. The number of piperidine rings is 1. The van der Waals surface area contributed by atoms with E-state index in [9.17, 15) is 13.2 Å². The number of aryl methyl sites for hydroxylation is 1. The molecule has 0 spiro atoms. The normalized spacial score (nSPS) is 16.1. The van der Waals surface area contributed by atoms with Gasteiger partial charge in [-0.2, -0.15) is 4.31 Å². The number of carbonyl (C=O) groups excluding carboxylic acids is 1. The molecule has 1 atom stereocenters. The molecule has 1 aliphatic rings. The first-order valence-corrected chi connectivity index (χ1v) is 13.6. The number of ether oxygens (including phenoxy) is 1. The van der Waals surface area contributed by atoms with E-state index in [1.165, 1.54) is 5.56 Å². The smallest absolute Gasteiger partial charge is 0.243 e. The lowest BCUT2D eigenvalue weighted by atomic mass is 9.79. The van der Waals surface area contributed by atoms with E-state index in [4.69, 9.17) is 4.74 Å². The first kappa shape index (κ1) is 26.2. The Balaban J connectivity index is 1.62. The van der Waals surface area contributed by atoms with E-state index in [-0.39, 0.29) is 28.7 Å². The van der Waals surface area contributed by atoms with E-state index < -0.39 is 10.0 Å². The fourth-order valence-corrected chi connectivity index (χ4v) is 6.35. The van der Waals surface area contributed by atoms with Crippen molar-refractivity contribution in [3.8, 4) is 5.75 Å². The molecular formula is C27H38N2O4S. The van der Waals surface area contributed by atoms with Gasteiger partial charge in [-0.05, 0) is 67.3 Å². The maximum absolute atomic E-state index is 13.1. The number of nitrogens with one attached hydrogen (secondary N) is 1. The molecule has 0 saturated carbocycles. The maximum Gasteiger partial charge on any atom is 0.243 e. The van der Waals surface area contributed by atoms with Crippen molar-refractivity contribution in [3.63, 3.8) is 0 Å². The van der Waals surface area contributed by atoms with Crippen LogP contribution in [0.25, 0.3) is 0 Å². The second-order valence-electron chi connectivity index (χ2n) is 9.86. The lowest BCUT2D eigenvalue weighted by Gasteiger charge is -2.29. The van der Waals surface area contributed by atoms with E-state index in [1.54, 1.807) is 29.6 Å². The van der Waals surface area contributed by atoms with Crippen molar-refractivity contribution in [1.82, 2.24) is 9.62 Å². The average molecular weight is 487 g/mol. The van der Waals surface area contributed by atoms with Crippen molar-refractivity contribution in [1.29, 1.82) is 0 Å². The van der Waals surface area contributed by atoms with Crippen LogP contribution in [0.5, 0.6) is 5.75 Å². The third kappa shape index (κ3) is 6.60. The Kier molecular flexibility index (Phi) is 8.77. The summed E-state index contributed by atoms with van der Waals surface area (Å²) in [6, 6.07) is 15.3. The molecule has 0 bridgehead atoms.